The van der Waals surface area contributed by atoms with Crippen LogP contribution >= 0.6 is 11.6 Å². The van der Waals surface area contributed by atoms with Gasteiger partial charge in [-0.25, -0.2) is 14.4 Å². The molecule has 0 saturated carbocycles. The van der Waals surface area contributed by atoms with Crippen molar-refractivity contribution < 1.29 is 23.4 Å². The van der Waals surface area contributed by atoms with E-state index in [2.05, 4.69) is 15.3 Å². The number of ether oxygens (including phenoxy) is 3. The zero-order valence-electron chi connectivity index (χ0n) is 23.9. The molecule has 3 aromatic carbocycles. The van der Waals surface area contributed by atoms with E-state index in [1.165, 1.54) is 18.5 Å². The van der Waals surface area contributed by atoms with E-state index in [0.29, 0.717) is 65.5 Å². The van der Waals surface area contributed by atoms with Crippen LogP contribution in [-0.4, -0.2) is 61.1 Å². The van der Waals surface area contributed by atoms with E-state index in [-0.39, 0.29) is 24.6 Å². The van der Waals surface area contributed by atoms with Gasteiger partial charge in [0.25, 0.3) is 0 Å². The maximum Gasteiger partial charge on any atom is 0.159 e. The molecule has 0 spiro atoms. The molecule has 220 valence electrons. The number of halogens is 2. The number of carbonyl (C=O) groups is 1. The molecule has 1 N–H and O–H groups in total. The third-order valence-corrected chi connectivity index (χ3v) is 6.42. The molecular weight excluding hydrogens is 559 g/mol. The topological polar surface area (TPSA) is 85.8 Å². The number of carbonyl (C=O) groups excluding carboxylic acids is 1. The number of allylic oxidation sites excluding steroid dienone is 1. The first-order valence-electron chi connectivity index (χ1n) is 13.6. The first-order valence-corrected chi connectivity index (χ1v) is 14.0. The zero-order valence-corrected chi connectivity index (χ0v) is 24.7. The summed E-state index contributed by atoms with van der Waals surface area (Å²) in [7, 11) is 3.88. The molecule has 0 unspecified atom stereocenters. The maximum atomic E-state index is 13.5. The molecule has 0 bridgehead atoms. The van der Waals surface area contributed by atoms with Crippen LogP contribution in [0.15, 0.2) is 73.1 Å². The van der Waals surface area contributed by atoms with Gasteiger partial charge in [0.2, 0.25) is 0 Å². The largest absolute Gasteiger partial charge is 0.491 e. The fourth-order valence-corrected chi connectivity index (χ4v) is 4.35. The molecule has 1 heterocycles. The smallest absolute Gasteiger partial charge is 0.159 e. The standard InChI is InChI=1S/C32H34ClFN4O4/c1-4-40-13-14-41-31-19-29-27(17-23(31)16-26(39)9-6-12-38(2)3)32(36-21-35-29)37-25-10-11-30(28(33)18-25)42-20-22-7-5-8-24(34)15-22/h5-11,15,17-19,21H,4,12-14,16,20H2,1-3H3,(H,35,36,37)/b9-6+. The van der Waals surface area contributed by atoms with Crippen molar-refractivity contribution in [3.05, 3.63) is 95.0 Å². The van der Waals surface area contributed by atoms with Crippen LogP contribution in [0.3, 0.4) is 0 Å². The van der Waals surface area contributed by atoms with Crippen molar-refractivity contribution in [3.63, 3.8) is 0 Å². The van der Waals surface area contributed by atoms with Crippen LogP contribution in [0.2, 0.25) is 5.02 Å². The maximum absolute atomic E-state index is 13.5. The molecule has 1 aromatic heterocycles. The van der Waals surface area contributed by atoms with Crippen molar-refractivity contribution in [1.29, 1.82) is 0 Å². The Kier molecular flexibility index (Phi) is 11.2. The minimum atomic E-state index is -0.323. The summed E-state index contributed by atoms with van der Waals surface area (Å²) in [4.78, 5) is 23.6. The zero-order chi connectivity index (χ0) is 29.9. The fraction of sp³-hybridized carbons (Fsp3) is 0.281. The van der Waals surface area contributed by atoms with Gasteiger partial charge in [0.15, 0.2) is 5.78 Å². The van der Waals surface area contributed by atoms with Gasteiger partial charge in [-0.05, 0) is 69.1 Å². The lowest BCUT2D eigenvalue weighted by Crippen LogP contribution is -2.12. The lowest BCUT2D eigenvalue weighted by atomic mass is 10.0. The van der Waals surface area contributed by atoms with Gasteiger partial charge in [0.1, 0.15) is 42.7 Å². The molecule has 0 aliphatic carbocycles. The number of nitrogens with zero attached hydrogens (tertiary/aromatic N) is 3. The van der Waals surface area contributed by atoms with Crippen LogP contribution in [0, 0.1) is 5.82 Å². The second-order valence-corrected chi connectivity index (χ2v) is 10.1. The van der Waals surface area contributed by atoms with Gasteiger partial charge in [-0.3, -0.25) is 4.79 Å². The van der Waals surface area contributed by atoms with Crippen LogP contribution in [0.25, 0.3) is 10.9 Å². The molecule has 8 nitrogen and oxygen atoms in total. The van der Waals surface area contributed by atoms with Gasteiger partial charge < -0.3 is 24.4 Å². The average molecular weight is 593 g/mol. The van der Waals surface area contributed by atoms with Crippen molar-refractivity contribution in [2.75, 3.05) is 45.8 Å². The van der Waals surface area contributed by atoms with Crippen molar-refractivity contribution >= 4 is 39.8 Å². The quantitative estimate of drug-likeness (QED) is 0.126. The summed E-state index contributed by atoms with van der Waals surface area (Å²) >= 11 is 6.50. The van der Waals surface area contributed by atoms with Crippen LogP contribution in [0.4, 0.5) is 15.9 Å². The molecule has 0 radical (unpaired) electrons. The first-order chi connectivity index (χ1) is 20.3. The van der Waals surface area contributed by atoms with E-state index in [1.807, 2.05) is 50.2 Å². The number of hydrogen-bond donors (Lipinski definition) is 1. The number of likely N-dealkylation sites (N-methyl/N-ethyl adjacent to an activating group) is 1. The Morgan fingerprint density at radius 2 is 1.90 bits per heavy atom. The minimum absolute atomic E-state index is 0.0437. The number of benzene rings is 3. The van der Waals surface area contributed by atoms with Crippen molar-refractivity contribution in [2.24, 2.45) is 0 Å². The molecule has 42 heavy (non-hydrogen) atoms. The van der Waals surface area contributed by atoms with E-state index in [1.54, 1.807) is 30.3 Å². The minimum Gasteiger partial charge on any atom is -0.491 e. The summed E-state index contributed by atoms with van der Waals surface area (Å²) in [5.41, 5.74) is 2.75. The Labute approximate surface area is 250 Å². The Balaban J connectivity index is 1.56. The van der Waals surface area contributed by atoms with Crippen molar-refractivity contribution in [3.8, 4) is 11.5 Å². The molecule has 0 aliphatic heterocycles. The number of ketones is 1. The normalized spacial score (nSPS) is 11.4. The predicted octanol–water partition coefficient (Wildman–Crippen LogP) is 6.39. The van der Waals surface area contributed by atoms with E-state index in [9.17, 15) is 9.18 Å². The van der Waals surface area contributed by atoms with Gasteiger partial charge in [0.05, 0.1) is 17.1 Å². The van der Waals surface area contributed by atoms with Crippen LogP contribution in [0.5, 0.6) is 11.5 Å². The summed E-state index contributed by atoms with van der Waals surface area (Å²) in [5, 5.41) is 4.40. The summed E-state index contributed by atoms with van der Waals surface area (Å²) in [6, 6.07) is 15.2. The van der Waals surface area contributed by atoms with Gasteiger partial charge in [-0.1, -0.05) is 29.8 Å². The highest BCUT2D eigenvalue weighted by molar-refractivity contribution is 6.32. The second-order valence-electron chi connectivity index (χ2n) is 9.74. The number of rotatable bonds is 15. The third kappa shape index (κ3) is 8.97. The lowest BCUT2D eigenvalue weighted by molar-refractivity contribution is -0.114. The van der Waals surface area contributed by atoms with E-state index in [4.69, 9.17) is 25.8 Å². The van der Waals surface area contributed by atoms with E-state index < -0.39 is 0 Å². The highest BCUT2D eigenvalue weighted by atomic mass is 35.5. The Hall–Kier alpha value is -4.05. The third-order valence-electron chi connectivity index (χ3n) is 6.12. The van der Waals surface area contributed by atoms with E-state index >= 15 is 0 Å². The molecule has 0 aliphatic rings. The predicted molar refractivity (Wildman–Crippen MR) is 163 cm³/mol. The van der Waals surface area contributed by atoms with Crippen molar-refractivity contribution in [1.82, 2.24) is 14.9 Å². The molecule has 0 fully saturated rings. The molecule has 0 saturated heterocycles. The molecule has 4 rings (SSSR count). The Bertz CT molecular complexity index is 1550. The van der Waals surface area contributed by atoms with Crippen LogP contribution in [0.1, 0.15) is 18.1 Å². The van der Waals surface area contributed by atoms with Gasteiger partial charge in [-0.15, -0.1) is 0 Å². The molecule has 10 heteroatoms. The number of hydrogen-bond acceptors (Lipinski definition) is 8. The summed E-state index contributed by atoms with van der Waals surface area (Å²) < 4.78 is 30.7. The molecule has 0 atom stereocenters. The molecule has 4 aromatic rings. The Morgan fingerprint density at radius 1 is 1.05 bits per heavy atom. The van der Waals surface area contributed by atoms with Crippen molar-refractivity contribution in [2.45, 2.75) is 20.0 Å². The molecular formula is C32H34ClFN4O4. The highest BCUT2D eigenvalue weighted by Gasteiger charge is 2.14. The summed E-state index contributed by atoms with van der Waals surface area (Å²) in [5.74, 6) is 1.22. The monoisotopic (exact) mass is 592 g/mol. The van der Waals surface area contributed by atoms with Gasteiger partial charge in [0, 0.05) is 42.3 Å². The van der Waals surface area contributed by atoms with Gasteiger partial charge >= 0.3 is 0 Å². The average Bonchev–Trinajstić information content (AvgIpc) is 2.95. The first kappa shape index (κ1) is 30.9. The highest BCUT2D eigenvalue weighted by Crippen LogP contribution is 2.33. The van der Waals surface area contributed by atoms with E-state index in [0.717, 1.165) is 10.9 Å². The summed E-state index contributed by atoms with van der Waals surface area (Å²) in [6.45, 7) is 4.15. The number of nitrogens with one attached hydrogen (secondary N) is 1. The van der Waals surface area contributed by atoms with Crippen LogP contribution in [-0.2, 0) is 22.6 Å². The number of aromatic nitrogens is 2. The fourth-order valence-electron chi connectivity index (χ4n) is 4.12. The van der Waals surface area contributed by atoms with Gasteiger partial charge in [-0.2, -0.15) is 0 Å². The second kappa shape index (κ2) is 15.3. The number of fused-ring (bicyclic) bond motifs is 1. The summed E-state index contributed by atoms with van der Waals surface area (Å²) in [6.07, 6.45) is 5.04. The lowest BCUT2D eigenvalue weighted by Gasteiger charge is -2.15. The molecule has 0 amide bonds. The Morgan fingerprint density at radius 3 is 2.67 bits per heavy atom. The van der Waals surface area contributed by atoms with Crippen LogP contribution < -0.4 is 14.8 Å². The SMILES string of the molecule is CCOCCOc1cc2ncnc(Nc3ccc(OCc4cccc(F)c4)c(Cl)c3)c2cc1CC(=O)/C=C/CN(C)C. The number of anilines is 2.